The van der Waals surface area contributed by atoms with Crippen LogP contribution in [-0.2, 0) is 5.41 Å². The zero-order chi connectivity index (χ0) is 20.5. The van der Waals surface area contributed by atoms with Crippen molar-refractivity contribution in [1.29, 1.82) is 0 Å². The number of aliphatic hydroxyl groups is 1. The Bertz CT molecular complexity index is 972. The highest BCUT2D eigenvalue weighted by Gasteiger charge is 2.20. The number of hydrogen-bond acceptors (Lipinski definition) is 2. The summed E-state index contributed by atoms with van der Waals surface area (Å²) >= 11 is 0. The molecular weight excluding hydrogens is 363 g/mol. The fourth-order valence-electron chi connectivity index (χ4n) is 3.29. The van der Waals surface area contributed by atoms with Crippen molar-refractivity contribution in [3.63, 3.8) is 0 Å². The van der Waals surface area contributed by atoms with Crippen LogP contribution in [-0.4, -0.2) is 10.2 Å². The van der Waals surface area contributed by atoms with Crippen molar-refractivity contribution in [3.05, 3.63) is 88.5 Å². The SMILES string of the molecule is Cc1ccc(Pc2cc(C(C)(C)C)cc(C)c2O)c(C(O)c2ccccc2)c1. The molecule has 0 aromatic heterocycles. The second-order valence-electron chi connectivity index (χ2n) is 8.47. The average molecular weight is 392 g/mol. The van der Waals surface area contributed by atoms with E-state index in [0.29, 0.717) is 5.75 Å². The number of benzene rings is 3. The Hall–Kier alpha value is -2.15. The first kappa shape index (κ1) is 20.6. The summed E-state index contributed by atoms with van der Waals surface area (Å²) in [4.78, 5) is 0. The van der Waals surface area contributed by atoms with Crippen molar-refractivity contribution < 1.29 is 10.2 Å². The van der Waals surface area contributed by atoms with E-state index in [1.807, 2.05) is 44.2 Å². The number of phenolic OH excluding ortho intramolecular Hbond substituents is 1. The lowest BCUT2D eigenvalue weighted by Crippen LogP contribution is -2.18. The third kappa shape index (κ3) is 4.46. The molecule has 146 valence electrons. The lowest BCUT2D eigenvalue weighted by atomic mass is 9.86. The highest BCUT2D eigenvalue weighted by Crippen LogP contribution is 2.32. The molecule has 0 bridgehead atoms. The van der Waals surface area contributed by atoms with Gasteiger partial charge < -0.3 is 10.2 Å². The number of aliphatic hydroxyl groups excluding tert-OH is 1. The van der Waals surface area contributed by atoms with Gasteiger partial charge in [0.1, 0.15) is 11.9 Å². The van der Waals surface area contributed by atoms with Crippen LogP contribution in [0.1, 0.15) is 54.7 Å². The molecular formula is C25H29O2P. The van der Waals surface area contributed by atoms with Crippen LogP contribution < -0.4 is 10.6 Å². The molecule has 0 amide bonds. The Morgan fingerprint density at radius 1 is 0.857 bits per heavy atom. The predicted molar refractivity (Wildman–Crippen MR) is 121 cm³/mol. The molecule has 0 aliphatic rings. The average Bonchev–Trinajstić information content (AvgIpc) is 2.65. The Kier molecular flexibility index (Phi) is 5.93. The standard InChI is InChI=1S/C25H29O2P/c1-16-11-12-21(20(13-16)24(27)18-9-7-6-8-10-18)28-22-15-19(25(3,4)5)14-17(2)23(22)26/h6-15,24,26-28H,1-5H3. The van der Waals surface area contributed by atoms with Crippen LogP contribution >= 0.6 is 8.58 Å². The van der Waals surface area contributed by atoms with Gasteiger partial charge in [-0.1, -0.05) is 89.5 Å². The van der Waals surface area contributed by atoms with Gasteiger partial charge in [-0.05, 0) is 52.9 Å². The molecule has 0 saturated carbocycles. The maximum Gasteiger partial charge on any atom is 0.126 e. The third-order valence-corrected chi connectivity index (χ3v) is 6.43. The number of aromatic hydroxyl groups is 1. The molecule has 2 atom stereocenters. The Balaban J connectivity index is 2.06. The maximum atomic E-state index is 11.0. The van der Waals surface area contributed by atoms with Crippen LogP contribution in [0.15, 0.2) is 60.7 Å². The molecule has 0 saturated heterocycles. The lowest BCUT2D eigenvalue weighted by Gasteiger charge is -2.23. The van der Waals surface area contributed by atoms with Crippen molar-refractivity contribution in [3.8, 4) is 5.75 Å². The normalized spacial score (nSPS) is 13.2. The van der Waals surface area contributed by atoms with Crippen LogP contribution in [0, 0.1) is 13.8 Å². The summed E-state index contributed by atoms with van der Waals surface area (Å²) in [6.45, 7) is 10.5. The minimum absolute atomic E-state index is 0.0113. The quantitative estimate of drug-likeness (QED) is 0.612. The van der Waals surface area contributed by atoms with Crippen molar-refractivity contribution in [1.82, 2.24) is 0 Å². The summed E-state index contributed by atoms with van der Waals surface area (Å²) in [6, 6.07) is 20.1. The van der Waals surface area contributed by atoms with Gasteiger partial charge in [0.25, 0.3) is 0 Å². The summed E-state index contributed by atoms with van der Waals surface area (Å²) in [5.74, 6) is 0.354. The zero-order valence-corrected chi connectivity index (χ0v) is 18.2. The van der Waals surface area contributed by atoms with Crippen molar-refractivity contribution in [2.45, 2.75) is 46.1 Å². The molecule has 0 spiro atoms. The molecule has 3 rings (SSSR count). The molecule has 3 aromatic rings. The van der Waals surface area contributed by atoms with Gasteiger partial charge >= 0.3 is 0 Å². The molecule has 28 heavy (non-hydrogen) atoms. The van der Waals surface area contributed by atoms with Crippen molar-refractivity contribution in [2.75, 3.05) is 0 Å². The highest BCUT2D eigenvalue weighted by molar-refractivity contribution is 7.55. The predicted octanol–water partition coefficient (Wildman–Crippen LogP) is 5.02. The van der Waals surface area contributed by atoms with Crippen LogP contribution in [0.25, 0.3) is 0 Å². The first-order valence-electron chi connectivity index (χ1n) is 9.61. The van der Waals surface area contributed by atoms with E-state index < -0.39 is 6.10 Å². The largest absolute Gasteiger partial charge is 0.507 e. The molecule has 0 fully saturated rings. The van der Waals surface area contributed by atoms with E-state index in [-0.39, 0.29) is 14.0 Å². The van der Waals surface area contributed by atoms with Gasteiger partial charge in [0.2, 0.25) is 0 Å². The van der Waals surface area contributed by atoms with E-state index in [1.165, 1.54) is 5.56 Å². The third-order valence-electron chi connectivity index (χ3n) is 5.05. The molecule has 2 nitrogen and oxygen atoms in total. The second kappa shape index (κ2) is 8.07. The van der Waals surface area contributed by atoms with Crippen LogP contribution in [0.5, 0.6) is 5.75 Å². The van der Waals surface area contributed by atoms with Gasteiger partial charge in [0, 0.05) is 5.30 Å². The van der Waals surface area contributed by atoms with Gasteiger partial charge in [-0.3, -0.25) is 0 Å². The van der Waals surface area contributed by atoms with Crippen LogP contribution in [0.2, 0.25) is 0 Å². The van der Waals surface area contributed by atoms with E-state index in [4.69, 9.17) is 0 Å². The monoisotopic (exact) mass is 392 g/mol. The number of rotatable bonds is 4. The number of phenols is 1. The summed E-state index contributed by atoms with van der Waals surface area (Å²) in [7, 11) is 0.270. The highest BCUT2D eigenvalue weighted by atomic mass is 31.1. The summed E-state index contributed by atoms with van der Waals surface area (Å²) < 4.78 is 0. The Labute approximate surface area is 170 Å². The molecule has 0 aliphatic heterocycles. The topological polar surface area (TPSA) is 40.5 Å². The molecule has 2 N–H and O–H groups in total. The van der Waals surface area contributed by atoms with E-state index in [2.05, 4.69) is 51.1 Å². The Morgan fingerprint density at radius 3 is 2.18 bits per heavy atom. The fourth-order valence-corrected chi connectivity index (χ4v) is 4.64. The van der Waals surface area contributed by atoms with E-state index in [9.17, 15) is 10.2 Å². The molecule has 3 aromatic carbocycles. The lowest BCUT2D eigenvalue weighted by molar-refractivity contribution is 0.221. The fraction of sp³-hybridized carbons (Fsp3) is 0.280. The second-order valence-corrected chi connectivity index (χ2v) is 9.80. The molecule has 3 heteroatoms. The number of aryl methyl sites for hydroxylation is 2. The zero-order valence-electron chi connectivity index (χ0n) is 17.2. The maximum absolute atomic E-state index is 11.0. The molecule has 0 aliphatic carbocycles. The van der Waals surface area contributed by atoms with Gasteiger partial charge in [-0.2, -0.15) is 0 Å². The minimum atomic E-state index is -0.683. The molecule has 0 radical (unpaired) electrons. The van der Waals surface area contributed by atoms with E-state index >= 15 is 0 Å². The van der Waals surface area contributed by atoms with Crippen LogP contribution in [0.4, 0.5) is 0 Å². The Morgan fingerprint density at radius 2 is 1.54 bits per heavy atom. The smallest absolute Gasteiger partial charge is 0.126 e. The molecule has 0 heterocycles. The summed E-state index contributed by atoms with van der Waals surface area (Å²) in [5, 5.41) is 23.7. The van der Waals surface area contributed by atoms with Gasteiger partial charge in [0.05, 0.1) is 0 Å². The first-order chi connectivity index (χ1) is 13.2. The summed E-state index contributed by atoms with van der Waals surface area (Å²) in [5.41, 5.74) is 5.01. The van der Waals surface area contributed by atoms with Gasteiger partial charge in [-0.25, -0.2) is 0 Å². The van der Waals surface area contributed by atoms with Gasteiger partial charge in [0.15, 0.2) is 0 Å². The number of hydrogen-bond donors (Lipinski definition) is 2. The van der Waals surface area contributed by atoms with Gasteiger partial charge in [-0.15, -0.1) is 0 Å². The van der Waals surface area contributed by atoms with Crippen molar-refractivity contribution >= 4 is 19.2 Å². The summed E-state index contributed by atoms with van der Waals surface area (Å²) in [6.07, 6.45) is -0.683. The van der Waals surface area contributed by atoms with Crippen molar-refractivity contribution in [2.24, 2.45) is 0 Å². The minimum Gasteiger partial charge on any atom is -0.507 e. The first-order valence-corrected chi connectivity index (χ1v) is 10.6. The van der Waals surface area contributed by atoms with Crippen LogP contribution in [0.3, 0.4) is 0 Å². The molecule has 2 unspecified atom stereocenters. The van der Waals surface area contributed by atoms with E-state index in [0.717, 1.165) is 32.9 Å². The van der Waals surface area contributed by atoms with E-state index in [1.54, 1.807) is 0 Å².